The molecule has 12 heteroatoms. The van der Waals surface area contributed by atoms with E-state index in [9.17, 15) is 18.0 Å². The van der Waals surface area contributed by atoms with E-state index in [0.717, 1.165) is 29.2 Å². The molecule has 192 valence electrons. The summed E-state index contributed by atoms with van der Waals surface area (Å²) in [5.41, 5.74) is 6.40. The summed E-state index contributed by atoms with van der Waals surface area (Å²) < 4.78 is 47.2. The monoisotopic (exact) mass is 503 g/mol. The van der Waals surface area contributed by atoms with Gasteiger partial charge in [0.05, 0.1) is 49.0 Å². The smallest absolute Gasteiger partial charge is 0.399 e. The Morgan fingerprint density at radius 3 is 2.50 bits per heavy atom. The normalized spacial score (nSPS) is 17.8. The fraction of sp³-hybridized carbons (Fsp3) is 0.500. The number of ether oxygens (including phenoxy) is 1. The van der Waals surface area contributed by atoms with Crippen molar-refractivity contribution in [1.29, 1.82) is 0 Å². The van der Waals surface area contributed by atoms with Gasteiger partial charge in [-0.1, -0.05) is 13.8 Å². The highest BCUT2D eigenvalue weighted by Gasteiger charge is 2.45. The van der Waals surface area contributed by atoms with Crippen molar-refractivity contribution in [2.24, 2.45) is 5.41 Å². The molecular weight excluding hydrogens is 475 g/mol. The van der Waals surface area contributed by atoms with Crippen LogP contribution < -0.4 is 11.1 Å². The molecule has 0 aliphatic carbocycles. The Morgan fingerprint density at radius 1 is 1.17 bits per heavy atom. The molecule has 1 fully saturated rings. The molecule has 2 aliphatic heterocycles. The van der Waals surface area contributed by atoms with Crippen LogP contribution in [0.5, 0.6) is 0 Å². The third-order valence-corrected chi connectivity index (χ3v) is 6.80. The molecule has 3 N–H and O–H groups in total. The Bertz CT molecular complexity index is 1350. The Morgan fingerprint density at radius 2 is 1.89 bits per heavy atom. The van der Waals surface area contributed by atoms with Crippen LogP contribution in [0.15, 0.2) is 18.2 Å². The molecule has 1 saturated heterocycles. The van der Waals surface area contributed by atoms with Crippen molar-refractivity contribution in [3.63, 3.8) is 0 Å². The van der Waals surface area contributed by atoms with E-state index in [0.29, 0.717) is 43.5 Å². The average Bonchev–Trinajstić information content (AvgIpc) is 3.40. The number of fused-ring (bicyclic) bond motifs is 3. The van der Waals surface area contributed by atoms with Crippen LogP contribution in [-0.2, 0) is 28.8 Å². The third kappa shape index (κ3) is 4.02. The summed E-state index contributed by atoms with van der Waals surface area (Å²) >= 11 is 0. The summed E-state index contributed by atoms with van der Waals surface area (Å²) in [5.74, 6) is 1.60. The number of carbonyl (C=O) groups is 1. The van der Waals surface area contributed by atoms with Crippen LogP contribution in [0.25, 0.3) is 5.78 Å². The van der Waals surface area contributed by atoms with Gasteiger partial charge in [0.25, 0.3) is 5.78 Å². The average molecular weight is 504 g/mol. The predicted octanol–water partition coefficient (Wildman–Crippen LogP) is 3.90. The van der Waals surface area contributed by atoms with Gasteiger partial charge in [0, 0.05) is 17.2 Å². The molecule has 5 rings (SSSR count). The number of rotatable bonds is 5. The summed E-state index contributed by atoms with van der Waals surface area (Å²) in [7, 11) is 0. The van der Waals surface area contributed by atoms with Gasteiger partial charge in [-0.25, -0.2) is 0 Å². The van der Waals surface area contributed by atoms with Crippen molar-refractivity contribution in [3.8, 4) is 0 Å². The molecule has 2 aromatic heterocycles. The first-order chi connectivity index (χ1) is 16.9. The second-order valence-corrected chi connectivity index (χ2v) is 10.2. The number of carbonyl (C=O) groups excluding carboxylic acids is 1. The highest BCUT2D eigenvalue weighted by atomic mass is 19.4. The molecule has 36 heavy (non-hydrogen) atoms. The molecule has 1 amide bonds. The number of nitrogen functional groups attached to an aromatic ring is 1. The minimum Gasteiger partial charge on any atom is -0.399 e. The Labute approximate surface area is 205 Å². The van der Waals surface area contributed by atoms with E-state index in [2.05, 4.69) is 20.5 Å². The maximum atomic E-state index is 13.4. The second kappa shape index (κ2) is 8.32. The highest BCUT2D eigenvalue weighted by Crippen LogP contribution is 2.38. The van der Waals surface area contributed by atoms with Gasteiger partial charge >= 0.3 is 6.18 Å². The summed E-state index contributed by atoms with van der Waals surface area (Å²) in [4.78, 5) is 19.7. The molecule has 0 unspecified atom stereocenters. The standard InChI is InChI=1S/C24H28F3N7O2/c1-12(2)20-31-32-22-30-19(29-13(3)14-5-15(24(25,26)27)7-16(28)6-14)17-8-33(9-18(17)34(20)22)21(35)23(4)10-36-11-23/h5-7,12-13H,8-11,28H2,1-4H3,(H,29,30,32)/t13-/m1/s1. The molecule has 0 saturated carbocycles. The number of amides is 1. The zero-order valence-electron chi connectivity index (χ0n) is 20.5. The topological polar surface area (TPSA) is 111 Å². The van der Waals surface area contributed by atoms with Crippen molar-refractivity contribution in [2.75, 3.05) is 24.3 Å². The van der Waals surface area contributed by atoms with Gasteiger partial charge in [0.15, 0.2) is 0 Å². The molecular formula is C24H28F3N7O2. The van der Waals surface area contributed by atoms with E-state index in [4.69, 9.17) is 10.5 Å². The van der Waals surface area contributed by atoms with E-state index in [1.54, 1.807) is 11.8 Å². The Kier molecular flexibility index (Phi) is 5.62. The fourth-order valence-electron chi connectivity index (χ4n) is 4.75. The van der Waals surface area contributed by atoms with E-state index in [1.807, 2.05) is 25.2 Å². The fourth-order valence-corrected chi connectivity index (χ4v) is 4.75. The first-order valence-electron chi connectivity index (χ1n) is 11.8. The molecule has 2 aliphatic rings. The SMILES string of the molecule is CC(C)c1nnc2nc(N[C@H](C)c3cc(N)cc(C(F)(F)F)c3)c3c(n12)CN(C(=O)C1(C)COC1)C3. The van der Waals surface area contributed by atoms with Crippen LogP contribution in [0.2, 0.25) is 0 Å². The number of benzene rings is 1. The number of nitrogens with one attached hydrogen (secondary N) is 1. The van der Waals surface area contributed by atoms with Gasteiger partial charge in [-0.05, 0) is 37.6 Å². The maximum absolute atomic E-state index is 13.4. The summed E-state index contributed by atoms with van der Waals surface area (Å²) in [5, 5.41) is 11.8. The molecule has 3 aromatic rings. The molecule has 1 atom stereocenters. The zero-order chi connectivity index (χ0) is 26.0. The van der Waals surface area contributed by atoms with Crippen molar-refractivity contribution in [2.45, 2.75) is 58.9 Å². The number of aromatic nitrogens is 4. The summed E-state index contributed by atoms with van der Waals surface area (Å²) in [6, 6.07) is 2.94. The lowest BCUT2D eigenvalue weighted by molar-refractivity contribution is -0.169. The van der Waals surface area contributed by atoms with Gasteiger partial charge in [0.2, 0.25) is 5.91 Å². The van der Waals surface area contributed by atoms with Gasteiger partial charge < -0.3 is 20.7 Å². The van der Waals surface area contributed by atoms with Gasteiger partial charge in [-0.2, -0.15) is 18.2 Å². The summed E-state index contributed by atoms with van der Waals surface area (Å²) in [6.45, 7) is 9.01. The van der Waals surface area contributed by atoms with Crippen LogP contribution in [-0.4, -0.2) is 43.6 Å². The third-order valence-electron chi connectivity index (χ3n) is 6.80. The number of hydrogen-bond acceptors (Lipinski definition) is 7. The minimum absolute atomic E-state index is 0.0121. The van der Waals surface area contributed by atoms with Crippen molar-refractivity contribution in [1.82, 2.24) is 24.5 Å². The molecule has 0 bridgehead atoms. The van der Waals surface area contributed by atoms with E-state index in [-0.39, 0.29) is 17.5 Å². The van der Waals surface area contributed by atoms with E-state index >= 15 is 0 Å². The molecule has 1 aromatic carbocycles. The lowest BCUT2D eigenvalue weighted by Crippen LogP contribution is -2.52. The van der Waals surface area contributed by atoms with Gasteiger partial charge in [-0.3, -0.25) is 9.20 Å². The second-order valence-electron chi connectivity index (χ2n) is 10.2. The maximum Gasteiger partial charge on any atom is 0.416 e. The van der Waals surface area contributed by atoms with E-state index in [1.165, 1.54) is 6.07 Å². The Hall–Kier alpha value is -3.41. The lowest BCUT2D eigenvalue weighted by atomic mass is 9.87. The first-order valence-corrected chi connectivity index (χ1v) is 11.8. The van der Waals surface area contributed by atoms with Crippen LogP contribution in [0, 0.1) is 5.41 Å². The summed E-state index contributed by atoms with van der Waals surface area (Å²) in [6.07, 6.45) is -4.51. The predicted molar refractivity (Wildman–Crippen MR) is 126 cm³/mol. The first kappa shape index (κ1) is 24.3. The highest BCUT2D eigenvalue weighted by molar-refractivity contribution is 5.84. The van der Waals surface area contributed by atoms with Crippen molar-refractivity contribution in [3.05, 3.63) is 46.4 Å². The van der Waals surface area contributed by atoms with Crippen LogP contribution >= 0.6 is 0 Å². The lowest BCUT2D eigenvalue weighted by Gasteiger charge is -2.39. The molecule has 0 spiro atoms. The van der Waals surface area contributed by atoms with Crippen molar-refractivity contribution < 1.29 is 22.7 Å². The Balaban J connectivity index is 1.54. The molecule has 4 heterocycles. The van der Waals surface area contributed by atoms with E-state index < -0.39 is 23.2 Å². The molecule has 9 nitrogen and oxygen atoms in total. The largest absolute Gasteiger partial charge is 0.416 e. The molecule has 0 radical (unpaired) electrons. The van der Waals surface area contributed by atoms with Gasteiger partial charge in [0.1, 0.15) is 11.6 Å². The van der Waals surface area contributed by atoms with Gasteiger partial charge in [-0.15, -0.1) is 10.2 Å². The number of nitrogens with zero attached hydrogens (tertiary/aromatic N) is 5. The van der Waals surface area contributed by atoms with Crippen molar-refractivity contribution >= 4 is 23.2 Å². The minimum atomic E-state index is -4.51. The number of anilines is 2. The number of alkyl halides is 3. The number of hydrogen-bond donors (Lipinski definition) is 2. The van der Waals surface area contributed by atoms with Crippen LogP contribution in [0.1, 0.15) is 67.9 Å². The number of nitrogens with two attached hydrogens (primary N) is 1. The van der Waals surface area contributed by atoms with Crippen LogP contribution in [0.4, 0.5) is 24.7 Å². The quantitative estimate of drug-likeness (QED) is 0.508. The number of halogens is 3. The van der Waals surface area contributed by atoms with Crippen LogP contribution in [0.3, 0.4) is 0 Å². The zero-order valence-corrected chi connectivity index (χ0v) is 20.5.